The zero-order valence-corrected chi connectivity index (χ0v) is 18.2. The van der Waals surface area contributed by atoms with E-state index in [1.165, 1.54) is 83.5 Å². The van der Waals surface area contributed by atoms with Gasteiger partial charge in [0.1, 0.15) is 0 Å². The minimum Gasteiger partial charge on any atom is -0.457 e. The SMILES string of the molecule is O=C(CO[13C](=O)C[13CH2]C[13CH2]C[13CH2]C[13CH2]C[13CH2]C1CCC[13CH2]C[13CH2]1)c1ccccc1. The van der Waals surface area contributed by atoms with Crippen molar-refractivity contribution >= 4 is 11.8 Å². The first-order valence-corrected chi connectivity index (χ1v) is 12.0. The van der Waals surface area contributed by atoms with Crippen molar-refractivity contribution in [3.05, 3.63) is 35.9 Å². The van der Waals surface area contributed by atoms with Gasteiger partial charge in [-0.25, -0.2) is 0 Å². The predicted molar refractivity (Wildman–Crippen MR) is 119 cm³/mol. The van der Waals surface area contributed by atoms with Gasteiger partial charge in [0.2, 0.25) is 0 Å². The Morgan fingerprint density at radius 2 is 1.34 bits per heavy atom. The van der Waals surface area contributed by atoms with Gasteiger partial charge in [-0.2, -0.15) is 0 Å². The summed E-state index contributed by atoms with van der Waals surface area (Å²) in [7, 11) is 0. The monoisotopic (exact) mass is 408 g/mol. The van der Waals surface area contributed by atoms with Gasteiger partial charge in [0.15, 0.2) is 12.4 Å². The fourth-order valence-electron chi connectivity index (χ4n) is 4.34. The molecule has 0 heterocycles. The van der Waals surface area contributed by atoms with Crippen molar-refractivity contribution in [2.24, 2.45) is 5.92 Å². The molecule has 0 radical (unpaired) electrons. The van der Waals surface area contributed by atoms with E-state index in [1.54, 1.807) is 12.1 Å². The van der Waals surface area contributed by atoms with Gasteiger partial charge in [-0.15, -0.1) is 0 Å². The van der Waals surface area contributed by atoms with E-state index in [2.05, 4.69) is 0 Å². The fourth-order valence-corrected chi connectivity index (χ4v) is 4.34. The van der Waals surface area contributed by atoms with E-state index >= 15 is 0 Å². The van der Waals surface area contributed by atoms with Gasteiger partial charge in [-0.3, -0.25) is 9.59 Å². The first kappa shape index (κ1) is 23.6. The minimum absolute atomic E-state index is 0.141. The number of ketones is 1. The van der Waals surface area contributed by atoms with Crippen LogP contribution in [0, 0.1) is 5.92 Å². The van der Waals surface area contributed by atoms with Crippen LogP contribution in [0.2, 0.25) is 0 Å². The summed E-state index contributed by atoms with van der Waals surface area (Å²) < 4.78 is 5.10. The lowest BCUT2D eigenvalue weighted by Crippen LogP contribution is -2.13. The molecule has 0 amide bonds. The maximum Gasteiger partial charge on any atom is 0.306 e. The molecule has 1 aliphatic rings. The van der Waals surface area contributed by atoms with Gasteiger partial charge in [-0.05, 0) is 12.3 Å². The second-order valence-corrected chi connectivity index (χ2v) is 8.67. The lowest BCUT2D eigenvalue weighted by Gasteiger charge is -2.13. The van der Waals surface area contributed by atoms with E-state index in [-0.39, 0.29) is 18.4 Å². The number of rotatable bonds is 14. The van der Waals surface area contributed by atoms with Crippen LogP contribution < -0.4 is 0 Å². The Labute approximate surface area is 177 Å². The van der Waals surface area contributed by atoms with Crippen LogP contribution in [-0.4, -0.2) is 18.4 Å². The van der Waals surface area contributed by atoms with Crippen LogP contribution >= 0.6 is 0 Å². The first-order valence-electron chi connectivity index (χ1n) is 12.0. The highest BCUT2D eigenvalue weighted by atomic mass is 16.6. The number of unbranched alkanes of at least 4 members (excludes halogenated alkanes) is 7. The van der Waals surface area contributed by atoms with Crippen LogP contribution in [0.15, 0.2) is 30.3 Å². The molecular weight excluding hydrogens is 368 g/mol. The van der Waals surface area contributed by atoms with Crippen LogP contribution in [0.25, 0.3) is 0 Å². The van der Waals surface area contributed by atoms with Gasteiger partial charge < -0.3 is 4.74 Å². The largest absolute Gasteiger partial charge is 0.457 e. The molecule has 1 unspecified atom stereocenters. The summed E-state index contributed by atoms with van der Waals surface area (Å²) in [6, 6.07) is 8.97. The van der Waals surface area contributed by atoms with Crippen molar-refractivity contribution in [3.8, 4) is 0 Å². The Morgan fingerprint density at radius 3 is 2.00 bits per heavy atom. The maximum absolute atomic E-state index is 11.9. The number of hydrogen-bond acceptors (Lipinski definition) is 3. The number of Topliss-reactive ketones (excluding diaryl/α,β-unsaturated/α-hetero) is 1. The molecule has 1 saturated carbocycles. The maximum atomic E-state index is 11.9. The van der Waals surface area contributed by atoms with E-state index in [0.717, 1.165) is 18.8 Å². The predicted octanol–water partition coefficient (Wildman–Crippen LogP) is 7.28. The van der Waals surface area contributed by atoms with Gasteiger partial charge in [0.05, 0.1) is 0 Å². The highest BCUT2D eigenvalue weighted by Gasteiger charge is 2.11. The third-order valence-electron chi connectivity index (χ3n) is 6.18. The van der Waals surface area contributed by atoms with E-state index < -0.39 is 0 Å². The molecule has 1 aromatic rings. The molecule has 3 heteroatoms. The lowest BCUT2D eigenvalue weighted by atomic mass is 10.1. The Balaban J connectivity index is 1.36. The normalized spacial score (nSPS) is 16.9. The molecule has 1 atom stereocenters. The van der Waals surface area contributed by atoms with E-state index in [0.29, 0.717) is 12.0 Å². The zero-order valence-electron chi connectivity index (χ0n) is 18.2. The highest BCUT2D eigenvalue weighted by Crippen LogP contribution is 2.27. The van der Waals surface area contributed by atoms with Crippen molar-refractivity contribution in [1.29, 1.82) is 0 Å². The van der Waals surface area contributed by atoms with Crippen molar-refractivity contribution in [2.75, 3.05) is 6.61 Å². The molecule has 0 saturated heterocycles. The topological polar surface area (TPSA) is 43.4 Å². The van der Waals surface area contributed by atoms with Crippen LogP contribution in [0.3, 0.4) is 0 Å². The molecule has 2 rings (SSSR count). The number of carbonyl (C=O) groups excluding carboxylic acids is 2. The van der Waals surface area contributed by atoms with Crippen molar-refractivity contribution in [2.45, 2.75) is 103 Å². The van der Waals surface area contributed by atoms with E-state index in [4.69, 9.17) is 4.74 Å². The van der Waals surface area contributed by atoms with Gasteiger partial charge >= 0.3 is 5.97 Å². The third kappa shape index (κ3) is 11.2. The van der Waals surface area contributed by atoms with Crippen molar-refractivity contribution in [3.63, 3.8) is 0 Å². The van der Waals surface area contributed by atoms with E-state index in [1.807, 2.05) is 18.2 Å². The van der Waals surface area contributed by atoms with Crippen LogP contribution in [0.5, 0.6) is 0 Å². The summed E-state index contributed by atoms with van der Waals surface area (Å²) in [5.41, 5.74) is 0.592. The molecule has 1 aromatic carbocycles. The van der Waals surface area contributed by atoms with Crippen LogP contribution in [0.1, 0.15) is 113 Å². The Morgan fingerprint density at radius 1 is 0.759 bits per heavy atom. The first-order chi connectivity index (χ1) is 14.3. The van der Waals surface area contributed by atoms with Gasteiger partial charge in [0, 0.05) is 12.0 Å². The Bertz CT molecular complexity index is 559. The second-order valence-electron chi connectivity index (χ2n) is 8.67. The summed E-state index contributed by atoms with van der Waals surface area (Å²) in [5.74, 6) is 0.617. The summed E-state index contributed by atoms with van der Waals surface area (Å²) in [5, 5.41) is 0. The molecule has 0 spiro atoms. The number of hydrogen-bond donors (Lipinski definition) is 0. The average Bonchev–Trinajstić information content (AvgIpc) is 3.03. The van der Waals surface area contributed by atoms with Crippen molar-refractivity contribution < 1.29 is 14.3 Å². The standard InChI is InChI=1S/C26H40O3/c27-25(24-19-13-9-14-20-24)22-29-26(28)21-15-6-4-2-1-3-5-10-16-23-17-11-7-8-12-18-23/h9,13-14,19-20,23H,1-8,10-12,15-18,21-22H2/i1+1,4+1,5+1,7+1,15+1,16+1,17+1,26+1. The Hall–Kier alpha value is -1.64. The minimum atomic E-state index is -0.257. The van der Waals surface area contributed by atoms with Crippen molar-refractivity contribution in [1.82, 2.24) is 0 Å². The van der Waals surface area contributed by atoms with Gasteiger partial charge in [-0.1, -0.05) is 120 Å². The molecule has 29 heavy (non-hydrogen) atoms. The summed E-state index contributed by atoms with van der Waals surface area (Å²) >= 11 is 0. The third-order valence-corrected chi connectivity index (χ3v) is 6.18. The molecular formula is C26H40O3. The summed E-state index contributed by atoms with van der Waals surface area (Å²) in [6.45, 7) is -0.149. The van der Waals surface area contributed by atoms with Crippen LogP contribution in [0.4, 0.5) is 0 Å². The van der Waals surface area contributed by atoms with Gasteiger partial charge in [0.25, 0.3) is 0 Å². The number of esters is 1. The summed E-state index contributed by atoms with van der Waals surface area (Å²) in [6.07, 6.45) is 20.5. The smallest absolute Gasteiger partial charge is 0.306 e. The number of carbonyl (C=O) groups is 2. The molecule has 1 aliphatic carbocycles. The fraction of sp³-hybridized carbons (Fsp3) is 0.692. The zero-order chi connectivity index (χ0) is 20.6. The molecule has 0 aromatic heterocycles. The molecule has 0 aliphatic heterocycles. The number of benzene rings is 1. The van der Waals surface area contributed by atoms with Crippen LogP contribution in [-0.2, 0) is 9.53 Å². The molecule has 0 N–H and O–H groups in total. The quantitative estimate of drug-likeness (QED) is 0.107. The molecule has 1 fully saturated rings. The lowest BCUT2D eigenvalue weighted by molar-refractivity contribution is -0.142. The number of ether oxygens (including phenoxy) is 1. The average molecular weight is 409 g/mol. The second kappa shape index (κ2) is 15.2. The Kier molecular flexibility index (Phi) is 12.4. The summed E-state index contributed by atoms with van der Waals surface area (Å²) in [4.78, 5) is 23.7. The molecule has 0 bridgehead atoms. The molecule has 3 nitrogen and oxygen atoms in total. The van der Waals surface area contributed by atoms with E-state index in [9.17, 15) is 9.59 Å². The highest BCUT2D eigenvalue weighted by molar-refractivity contribution is 5.97. The molecule has 162 valence electrons.